The van der Waals surface area contributed by atoms with E-state index < -0.39 is 8.07 Å². The number of ketones is 2. The largest absolute Gasteiger partial charge is 0.507 e. The number of carbonyl (C=O) groups is 2. The van der Waals surface area contributed by atoms with Crippen molar-refractivity contribution in [1.29, 1.82) is 0 Å². The van der Waals surface area contributed by atoms with E-state index in [-0.39, 0.29) is 22.9 Å². The molecule has 0 amide bonds. The van der Waals surface area contributed by atoms with E-state index in [1.807, 2.05) is 6.07 Å². The van der Waals surface area contributed by atoms with Crippen LogP contribution in [0.15, 0.2) is 24.3 Å². The summed E-state index contributed by atoms with van der Waals surface area (Å²) in [5, 5.41) is 11.4. The average molecular weight is 350 g/mol. The summed E-state index contributed by atoms with van der Waals surface area (Å²) in [4.78, 5) is 26.5. The van der Waals surface area contributed by atoms with Gasteiger partial charge in [-0.05, 0) is 54.1 Å². The van der Waals surface area contributed by atoms with Crippen LogP contribution in [-0.4, -0.2) is 24.7 Å². The fourth-order valence-electron chi connectivity index (χ4n) is 4.39. The van der Waals surface area contributed by atoms with E-state index in [0.29, 0.717) is 16.7 Å². The van der Waals surface area contributed by atoms with Crippen LogP contribution in [0.2, 0.25) is 19.6 Å². The molecule has 0 unspecified atom stereocenters. The highest BCUT2D eigenvalue weighted by molar-refractivity contribution is 6.90. The smallest absolute Gasteiger partial charge is 0.198 e. The molecule has 2 aliphatic carbocycles. The lowest BCUT2D eigenvalue weighted by Gasteiger charge is -2.32. The second-order valence-corrected chi connectivity index (χ2v) is 13.1. The highest BCUT2D eigenvalue weighted by Gasteiger charge is 2.39. The molecule has 1 N–H and O–H groups in total. The average Bonchev–Trinajstić information content (AvgIpc) is 2.56. The first-order valence-electron chi connectivity index (χ1n) is 8.91. The Morgan fingerprint density at radius 2 is 1.64 bits per heavy atom. The first kappa shape index (κ1) is 16.3. The molecule has 0 bridgehead atoms. The van der Waals surface area contributed by atoms with E-state index in [2.05, 4.69) is 19.6 Å². The summed E-state index contributed by atoms with van der Waals surface area (Å²) in [6.45, 7) is 6.70. The van der Waals surface area contributed by atoms with Gasteiger partial charge in [0.05, 0.1) is 13.6 Å². The fourth-order valence-corrected chi connectivity index (χ4v) is 6.58. The third-order valence-corrected chi connectivity index (χ3v) is 7.44. The maximum atomic E-state index is 13.3. The van der Waals surface area contributed by atoms with Gasteiger partial charge in [0.1, 0.15) is 5.75 Å². The van der Waals surface area contributed by atoms with Gasteiger partial charge >= 0.3 is 0 Å². The third kappa shape index (κ3) is 2.31. The Kier molecular flexibility index (Phi) is 3.51. The third-order valence-electron chi connectivity index (χ3n) is 5.39. The number of phenolic OH excluding ortho intramolecular Hbond substituents is 1. The molecule has 4 rings (SSSR count). The van der Waals surface area contributed by atoms with Gasteiger partial charge in [0, 0.05) is 16.7 Å². The molecule has 25 heavy (non-hydrogen) atoms. The monoisotopic (exact) mass is 350 g/mol. The maximum absolute atomic E-state index is 13.3. The summed E-state index contributed by atoms with van der Waals surface area (Å²) in [6, 6.07) is 6.72. The second kappa shape index (κ2) is 5.40. The Balaban J connectivity index is 2.11. The number of aryl methyl sites for hydroxylation is 1. The van der Waals surface area contributed by atoms with Gasteiger partial charge in [0.15, 0.2) is 11.6 Å². The summed E-state index contributed by atoms with van der Waals surface area (Å²) in [5.41, 5.74) is 4.15. The van der Waals surface area contributed by atoms with Gasteiger partial charge in [-0.3, -0.25) is 9.59 Å². The van der Waals surface area contributed by atoms with Gasteiger partial charge in [0.25, 0.3) is 0 Å². The number of fused-ring (bicyclic) bond motifs is 3. The molecule has 128 valence electrons. The van der Waals surface area contributed by atoms with Crippen LogP contribution >= 0.6 is 0 Å². The van der Waals surface area contributed by atoms with Crippen LogP contribution < -0.4 is 5.19 Å². The minimum absolute atomic E-state index is 0.0965. The molecule has 0 spiro atoms. The van der Waals surface area contributed by atoms with Crippen molar-refractivity contribution in [3.8, 4) is 5.75 Å². The zero-order valence-corrected chi connectivity index (χ0v) is 15.9. The SMILES string of the molecule is C[Si](C)(C)c1c2c(cc3c1C(=O)c1c(O)cccc1C3=O)CCCC2. The minimum atomic E-state index is -1.86. The van der Waals surface area contributed by atoms with Crippen molar-refractivity contribution in [3.05, 3.63) is 57.6 Å². The van der Waals surface area contributed by atoms with Crippen LogP contribution in [-0.2, 0) is 12.8 Å². The quantitative estimate of drug-likeness (QED) is 0.682. The molecule has 2 aliphatic rings. The van der Waals surface area contributed by atoms with Crippen molar-refractivity contribution in [2.24, 2.45) is 0 Å². The lowest BCUT2D eigenvalue weighted by atomic mass is 9.79. The summed E-state index contributed by atoms with van der Waals surface area (Å²) >= 11 is 0. The molecule has 0 radical (unpaired) electrons. The number of rotatable bonds is 1. The topological polar surface area (TPSA) is 54.4 Å². The summed E-state index contributed by atoms with van der Waals surface area (Å²) in [5.74, 6) is -0.414. The van der Waals surface area contributed by atoms with E-state index >= 15 is 0 Å². The van der Waals surface area contributed by atoms with Crippen molar-refractivity contribution in [1.82, 2.24) is 0 Å². The van der Waals surface area contributed by atoms with Gasteiger partial charge in [-0.1, -0.05) is 31.8 Å². The Bertz CT molecular complexity index is 935. The highest BCUT2D eigenvalue weighted by atomic mass is 28.3. The molecular formula is C21H22O3Si. The fraction of sp³-hybridized carbons (Fsp3) is 0.333. The van der Waals surface area contributed by atoms with Crippen LogP contribution in [0.3, 0.4) is 0 Å². The Labute approximate surface area is 148 Å². The van der Waals surface area contributed by atoms with Gasteiger partial charge in [-0.15, -0.1) is 0 Å². The van der Waals surface area contributed by atoms with Gasteiger partial charge in [-0.2, -0.15) is 0 Å². The zero-order valence-electron chi connectivity index (χ0n) is 14.9. The van der Waals surface area contributed by atoms with Crippen LogP contribution in [0.4, 0.5) is 0 Å². The predicted molar refractivity (Wildman–Crippen MR) is 101 cm³/mol. The molecule has 3 nitrogen and oxygen atoms in total. The summed E-state index contributed by atoms with van der Waals surface area (Å²) in [6.07, 6.45) is 4.23. The Hall–Kier alpha value is -2.20. The van der Waals surface area contributed by atoms with Crippen LogP contribution in [0.1, 0.15) is 55.8 Å². The molecule has 0 saturated heterocycles. The molecule has 0 fully saturated rings. The number of aromatic hydroxyl groups is 1. The van der Waals surface area contributed by atoms with Crippen LogP contribution in [0.5, 0.6) is 5.75 Å². The van der Waals surface area contributed by atoms with E-state index in [0.717, 1.165) is 30.9 Å². The van der Waals surface area contributed by atoms with Crippen molar-refractivity contribution in [2.75, 3.05) is 0 Å². The van der Waals surface area contributed by atoms with Gasteiger partial charge in [-0.25, -0.2) is 0 Å². The molecule has 0 saturated carbocycles. The van der Waals surface area contributed by atoms with Gasteiger partial charge < -0.3 is 5.11 Å². The molecule has 0 aromatic heterocycles. The van der Waals surface area contributed by atoms with E-state index in [1.54, 1.807) is 12.1 Å². The van der Waals surface area contributed by atoms with Crippen molar-refractivity contribution in [3.63, 3.8) is 0 Å². The van der Waals surface area contributed by atoms with Crippen LogP contribution in [0.25, 0.3) is 0 Å². The summed E-state index contributed by atoms with van der Waals surface area (Å²) < 4.78 is 0. The molecule has 4 heteroatoms. The molecule has 0 aliphatic heterocycles. The number of phenols is 1. The number of benzene rings is 2. The standard InChI is InChI=1S/C21H22O3Si/c1-25(2,3)21-13-8-5-4-7-12(13)11-15-18(21)20(24)17-14(19(15)23)9-6-10-16(17)22/h6,9-11,22H,4-5,7-8H2,1-3H3. The van der Waals surface area contributed by atoms with E-state index in [1.165, 1.54) is 17.2 Å². The lowest BCUT2D eigenvalue weighted by Crippen LogP contribution is -2.47. The number of hydrogen-bond donors (Lipinski definition) is 1. The molecule has 2 aromatic carbocycles. The first-order valence-corrected chi connectivity index (χ1v) is 12.4. The van der Waals surface area contributed by atoms with Crippen molar-refractivity contribution < 1.29 is 14.7 Å². The molecular weight excluding hydrogens is 328 g/mol. The minimum Gasteiger partial charge on any atom is -0.507 e. The number of hydrogen-bond acceptors (Lipinski definition) is 3. The number of carbonyl (C=O) groups excluding carboxylic acids is 2. The van der Waals surface area contributed by atoms with Gasteiger partial charge in [0.2, 0.25) is 0 Å². The lowest BCUT2D eigenvalue weighted by molar-refractivity contribution is 0.0977. The molecule has 0 heterocycles. The maximum Gasteiger partial charge on any atom is 0.198 e. The Morgan fingerprint density at radius 1 is 0.920 bits per heavy atom. The summed E-state index contributed by atoms with van der Waals surface area (Å²) in [7, 11) is -1.86. The Morgan fingerprint density at radius 3 is 2.36 bits per heavy atom. The van der Waals surface area contributed by atoms with Crippen molar-refractivity contribution in [2.45, 2.75) is 45.3 Å². The van der Waals surface area contributed by atoms with Crippen LogP contribution in [0, 0.1) is 0 Å². The second-order valence-electron chi connectivity index (χ2n) is 8.13. The molecule has 0 atom stereocenters. The van der Waals surface area contributed by atoms with Crippen molar-refractivity contribution >= 4 is 24.8 Å². The first-order chi connectivity index (χ1) is 11.8. The normalized spacial score (nSPS) is 16.3. The predicted octanol–water partition coefficient (Wildman–Crippen LogP) is 3.59. The molecule has 2 aromatic rings. The van der Waals surface area contributed by atoms with E-state index in [9.17, 15) is 14.7 Å². The van der Waals surface area contributed by atoms with E-state index in [4.69, 9.17) is 0 Å². The highest BCUT2D eigenvalue weighted by Crippen LogP contribution is 2.35. The zero-order chi connectivity index (χ0) is 17.9.